The molecule has 0 radical (unpaired) electrons. The van der Waals surface area contributed by atoms with Crippen LogP contribution in [0.4, 0.5) is 18.0 Å². The molecule has 0 saturated carbocycles. The lowest BCUT2D eigenvalue weighted by molar-refractivity contribution is -0.137. The fraction of sp³-hybridized carbons (Fsp3) is 0.562. The lowest BCUT2D eigenvalue weighted by Gasteiger charge is -2.25. The van der Waals surface area contributed by atoms with Gasteiger partial charge in [0.05, 0.1) is 5.56 Å². The van der Waals surface area contributed by atoms with Crippen LogP contribution in [-0.2, 0) is 23.8 Å². The number of amides is 1. The number of primary amides is 1. The quantitative estimate of drug-likeness (QED) is 0.879. The number of nitrogens with two attached hydrogens (primary N) is 1. The minimum absolute atomic E-state index is 0.158. The molecule has 1 rings (SSSR count). The molecule has 0 fully saturated rings. The number of carbonyl (C=O) groups is 1. The number of alkyl halides is 3. The van der Waals surface area contributed by atoms with Crippen molar-refractivity contribution in [3.8, 4) is 0 Å². The molecule has 0 aliphatic carbocycles. The summed E-state index contributed by atoms with van der Waals surface area (Å²) < 4.78 is 44.0. The predicted molar refractivity (Wildman–Crippen MR) is 78.4 cm³/mol. The van der Waals surface area contributed by atoms with Gasteiger partial charge >= 0.3 is 12.3 Å². The molecule has 124 valence electrons. The molecule has 3 nitrogen and oxygen atoms in total. The number of carbonyl (C=O) groups excluding carboxylic acids is 1. The van der Waals surface area contributed by atoms with Crippen LogP contribution < -0.4 is 5.73 Å². The molecular weight excluding hydrogens is 295 g/mol. The monoisotopic (exact) mass is 317 g/mol. The number of rotatable bonds is 5. The van der Waals surface area contributed by atoms with Crippen LogP contribution in [-0.4, -0.2) is 11.7 Å². The lowest BCUT2D eigenvalue weighted by atomic mass is 9.92. The molecule has 0 aliphatic heterocycles. The van der Waals surface area contributed by atoms with Gasteiger partial charge in [0.2, 0.25) is 0 Å². The van der Waals surface area contributed by atoms with Crippen LogP contribution in [0.3, 0.4) is 0 Å². The number of ether oxygens (including phenoxy) is 1. The second-order valence-electron chi connectivity index (χ2n) is 6.49. The molecular formula is C16H22F3NO2. The Bertz CT molecular complexity index is 537. The van der Waals surface area contributed by atoms with Crippen LogP contribution in [0, 0.1) is 5.92 Å². The maximum absolute atomic E-state index is 13.0. The van der Waals surface area contributed by atoms with Gasteiger partial charge in [-0.15, -0.1) is 0 Å². The van der Waals surface area contributed by atoms with Gasteiger partial charge in [-0.2, -0.15) is 13.2 Å². The van der Waals surface area contributed by atoms with E-state index >= 15 is 0 Å². The zero-order chi connectivity index (χ0) is 17.1. The summed E-state index contributed by atoms with van der Waals surface area (Å²) in [5.41, 5.74) is 4.42. The first-order chi connectivity index (χ1) is 9.89. The van der Waals surface area contributed by atoms with Gasteiger partial charge in [0.25, 0.3) is 0 Å². The summed E-state index contributed by atoms with van der Waals surface area (Å²) in [6.07, 6.45) is -4.64. The van der Waals surface area contributed by atoms with E-state index in [9.17, 15) is 18.0 Å². The van der Waals surface area contributed by atoms with E-state index in [1.54, 1.807) is 19.9 Å². The molecule has 0 bridgehead atoms. The van der Waals surface area contributed by atoms with Gasteiger partial charge in [0, 0.05) is 6.42 Å². The molecule has 0 aromatic heterocycles. The zero-order valence-corrected chi connectivity index (χ0v) is 13.3. The summed E-state index contributed by atoms with van der Waals surface area (Å²) in [5, 5.41) is 0. The summed E-state index contributed by atoms with van der Waals surface area (Å²) >= 11 is 0. The molecule has 0 spiro atoms. The predicted octanol–water partition coefficient (Wildman–Crippen LogP) is 4.32. The van der Waals surface area contributed by atoms with E-state index in [1.165, 1.54) is 6.07 Å². The van der Waals surface area contributed by atoms with Crippen LogP contribution in [0.15, 0.2) is 18.2 Å². The van der Waals surface area contributed by atoms with Gasteiger partial charge in [0.15, 0.2) is 0 Å². The summed E-state index contributed by atoms with van der Waals surface area (Å²) in [4.78, 5) is 10.9. The Kier molecular flexibility index (Phi) is 5.49. The first-order valence-electron chi connectivity index (χ1n) is 7.07. The second-order valence-corrected chi connectivity index (χ2v) is 6.49. The SMILES string of the molecule is CC(C)Cc1cc(CC(C)(C)OC(N)=O)cc(C(F)(F)F)c1. The van der Waals surface area contributed by atoms with Crippen LogP contribution in [0.2, 0.25) is 0 Å². The van der Waals surface area contributed by atoms with E-state index in [4.69, 9.17) is 10.5 Å². The van der Waals surface area contributed by atoms with Crippen molar-refractivity contribution in [2.75, 3.05) is 0 Å². The van der Waals surface area contributed by atoms with Crippen molar-refractivity contribution in [1.29, 1.82) is 0 Å². The average Bonchev–Trinajstić information content (AvgIpc) is 2.23. The third kappa shape index (κ3) is 5.95. The molecule has 0 saturated heterocycles. The van der Waals surface area contributed by atoms with E-state index in [1.807, 2.05) is 13.8 Å². The molecule has 0 aliphatic rings. The Morgan fingerprint density at radius 2 is 1.73 bits per heavy atom. The van der Waals surface area contributed by atoms with E-state index in [0.29, 0.717) is 17.5 Å². The normalized spacial score (nSPS) is 12.5. The van der Waals surface area contributed by atoms with Crippen molar-refractivity contribution in [3.05, 3.63) is 34.9 Å². The standard InChI is InChI=1S/C16H22F3NO2/c1-10(2)5-11-6-12(8-13(7-11)16(17,18)19)9-15(3,4)22-14(20)21/h6-8,10H,5,9H2,1-4H3,(H2,20,21). The summed E-state index contributed by atoms with van der Waals surface area (Å²) in [7, 11) is 0. The van der Waals surface area contributed by atoms with Gasteiger partial charge in [-0.1, -0.05) is 19.9 Å². The molecule has 0 heterocycles. The Balaban J connectivity index is 3.15. The van der Waals surface area contributed by atoms with Crippen LogP contribution in [0.1, 0.15) is 44.4 Å². The number of hydrogen-bond donors (Lipinski definition) is 1. The van der Waals surface area contributed by atoms with E-state index < -0.39 is 23.4 Å². The van der Waals surface area contributed by atoms with Crippen molar-refractivity contribution in [1.82, 2.24) is 0 Å². The maximum atomic E-state index is 13.0. The molecule has 1 aromatic rings. The van der Waals surface area contributed by atoms with Crippen molar-refractivity contribution in [3.63, 3.8) is 0 Å². The smallest absolute Gasteiger partial charge is 0.416 e. The van der Waals surface area contributed by atoms with Crippen LogP contribution in [0.5, 0.6) is 0 Å². The highest BCUT2D eigenvalue weighted by Crippen LogP contribution is 2.32. The Hall–Kier alpha value is -1.72. The lowest BCUT2D eigenvalue weighted by Crippen LogP contribution is -2.33. The molecule has 1 amide bonds. The minimum Gasteiger partial charge on any atom is -0.443 e. The number of hydrogen-bond acceptors (Lipinski definition) is 2. The molecule has 0 atom stereocenters. The molecule has 0 unspecified atom stereocenters. The van der Waals surface area contributed by atoms with Gasteiger partial charge in [-0.25, -0.2) is 4.79 Å². The minimum atomic E-state index is -4.41. The maximum Gasteiger partial charge on any atom is 0.416 e. The van der Waals surface area contributed by atoms with E-state index in [-0.39, 0.29) is 12.3 Å². The summed E-state index contributed by atoms with van der Waals surface area (Å²) in [6, 6.07) is 3.99. The Labute approximate surface area is 128 Å². The van der Waals surface area contributed by atoms with Crippen LogP contribution in [0.25, 0.3) is 0 Å². The highest BCUT2D eigenvalue weighted by molar-refractivity contribution is 5.65. The highest BCUT2D eigenvalue weighted by atomic mass is 19.4. The summed E-state index contributed by atoms with van der Waals surface area (Å²) in [6.45, 7) is 7.11. The first kappa shape index (κ1) is 18.3. The molecule has 6 heteroatoms. The number of benzene rings is 1. The Morgan fingerprint density at radius 1 is 1.18 bits per heavy atom. The number of halogens is 3. The van der Waals surface area contributed by atoms with Crippen molar-refractivity contribution in [2.45, 2.75) is 52.3 Å². The third-order valence-corrected chi connectivity index (χ3v) is 3.03. The van der Waals surface area contributed by atoms with E-state index in [2.05, 4.69) is 0 Å². The fourth-order valence-electron chi connectivity index (χ4n) is 2.42. The van der Waals surface area contributed by atoms with Gasteiger partial charge in [-0.05, 0) is 49.4 Å². The second kappa shape index (κ2) is 6.58. The Morgan fingerprint density at radius 3 is 2.18 bits per heavy atom. The first-order valence-corrected chi connectivity index (χ1v) is 7.07. The van der Waals surface area contributed by atoms with Crippen molar-refractivity contribution < 1.29 is 22.7 Å². The largest absolute Gasteiger partial charge is 0.443 e. The zero-order valence-electron chi connectivity index (χ0n) is 13.3. The fourth-order valence-corrected chi connectivity index (χ4v) is 2.42. The van der Waals surface area contributed by atoms with Gasteiger partial charge in [-0.3, -0.25) is 0 Å². The van der Waals surface area contributed by atoms with Gasteiger partial charge < -0.3 is 10.5 Å². The molecule has 2 N–H and O–H groups in total. The topological polar surface area (TPSA) is 52.3 Å². The van der Waals surface area contributed by atoms with Gasteiger partial charge in [0.1, 0.15) is 5.60 Å². The van der Waals surface area contributed by atoms with Crippen molar-refractivity contribution in [2.24, 2.45) is 11.7 Å². The van der Waals surface area contributed by atoms with Crippen LogP contribution >= 0.6 is 0 Å². The van der Waals surface area contributed by atoms with E-state index in [0.717, 1.165) is 6.07 Å². The highest BCUT2D eigenvalue weighted by Gasteiger charge is 2.32. The third-order valence-electron chi connectivity index (χ3n) is 3.03. The summed E-state index contributed by atoms with van der Waals surface area (Å²) in [5.74, 6) is 0.242. The van der Waals surface area contributed by atoms with Crippen molar-refractivity contribution >= 4 is 6.09 Å². The molecule has 22 heavy (non-hydrogen) atoms. The molecule has 1 aromatic carbocycles. The average molecular weight is 317 g/mol.